The number of hydrogen-bond donors (Lipinski definition) is 1. The van der Waals surface area contributed by atoms with Crippen LogP contribution in [-0.4, -0.2) is 15.0 Å². The van der Waals surface area contributed by atoms with E-state index in [0.717, 1.165) is 11.1 Å². The molecule has 0 atom stereocenters. The number of nitriles is 1. The maximum absolute atomic E-state index is 9.53. The number of benzene rings is 1. The van der Waals surface area contributed by atoms with Crippen LogP contribution in [0.25, 0.3) is 22.5 Å². The van der Waals surface area contributed by atoms with Crippen LogP contribution in [0.3, 0.4) is 0 Å². The number of nitrogens with two attached hydrogens (primary N) is 1. The molecule has 3 rings (SSSR count). The van der Waals surface area contributed by atoms with E-state index in [9.17, 15) is 5.26 Å². The summed E-state index contributed by atoms with van der Waals surface area (Å²) < 4.78 is 0. The van der Waals surface area contributed by atoms with Gasteiger partial charge in [0, 0.05) is 23.5 Å². The molecule has 0 unspecified atom stereocenters. The predicted molar refractivity (Wildman–Crippen MR) is 79.8 cm³/mol. The van der Waals surface area contributed by atoms with Gasteiger partial charge in [-0.2, -0.15) is 5.26 Å². The fourth-order valence-corrected chi connectivity index (χ4v) is 2.11. The van der Waals surface area contributed by atoms with Crippen LogP contribution >= 0.6 is 0 Å². The summed E-state index contributed by atoms with van der Waals surface area (Å²) in [7, 11) is 0. The summed E-state index contributed by atoms with van der Waals surface area (Å²) in [5.41, 5.74) is 8.89. The highest BCUT2D eigenvalue weighted by Crippen LogP contribution is 2.29. The monoisotopic (exact) mass is 273 g/mol. The van der Waals surface area contributed by atoms with E-state index in [1.807, 2.05) is 30.3 Å². The lowest BCUT2D eigenvalue weighted by Gasteiger charge is -2.09. The molecule has 0 saturated heterocycles. The Balaban J connectivity index is 2.29. The van der Waals surface area contributed by atoms with E-state index >= 15 is 0 Å². The van der Waals surface area contributed by atoms with Crippen molar-refractivity contribution in [3.63, 3.8) is 0 Å². The molecule has 5 heteroatoms. The number of nitrogen functional groups attached to an aromatic ring is 1. The summed E-state index contributed by atoms with van der Waals surface area (Å²) in [6.45, 7) is 0. The van der Waals surface area contributed by atoms with Crippen LogP contribution < -0.4 is 5.73 Å². The van der Waals surface area contributed by atoms with Crippen molar-refractivity contribution >= 4 is 5.95 Å². The molecule has 0 aliphatic carbocycles. The fourth-order valence-electron chi connectivity index (χ4n) is 2.11. The van der Waals surface area contributed by atoms with Crippen molar-refractivity contribution in [3.05, 3.63) is 60.4 Å². The molecule has 0 aliphatic rings. The number of nitrogens with zero attached hydrogens (tertiary/aromatic N) is 4. The largest absolute Gasteiger partial charge is 0.368 e. The number of rotatable bonds is 2. The minimum atomic E-state index is 0.139. The zero-order valence-electron chi connectivity index (χ0n) is 11.1. The lowest BCUT2D eigenvalue weighted by Crippen LogP contribution is -2.03. The van der Waals surface area contributed by atoms with Crippen LogP contribution in [0.4, 0.5) is 5.95 Å². The Kier molecular flexibility index (Phi) is 3.27. The molecular formula is C16H11N5. The van der Waals surface area contributed by atoms with Crippen molar-refractivity contribution in [2.45, 2.75) is 0 Å². The van der Waals surface area contributed by atoms with E-state index in [-0.39, 0.29) is 5.95 Å². The van der Waals surface area contributed by atoms with E-state index in [2.05, 4.69) is 21.0 Å². The van der Waals surface area contributed by atoms with E-state index in [1.165, 1.54) is 0 Å². The first kappa shape index (κ1) is 12.8. The van der Waals surface area contributed by atoms with Gasteiger partial charge in [-0.1, -0.05) is 30.3 Å². The van der Waals surface area contributed by atoms with Gasteiger partial charge in [-0.3, -0.25) is 4.98 Å². The van der Waals surface area contributed by atoms with E-state index in [1.54, 1.807) is 24.5 Å². The Morgan fingerprint density at radius 3 is 2.00 bits per heavy atom. The van der Waals surface area contributed by atoms with Crippen LogP contribution in [-0.2, 0) is 0 Å². The molecule has 2 aromatic heterocycles. The molecule has 5 nitrogen and oxygen atoms in total. The minimum Gasteiger partial charge on any atom is -0.368 e. The maximum Gasteiger partial charge on any atom is 0.221 e. The number of hydrogen-bond acceptors (Lipinski definition) is 5. The van der Waals surface area contributed by atoms with Gasteiger partial charge in [0.15, 0.2) is 0 Å². The number of anilines is 1. The van der Waals surface area contributed by atoms with E-state index in [4.69, 9.17) is 5.73 Å². The lowest BCUT2D eigenvalue weighted by atomic mass is 10.0. The van der Waals surface area contributed by atoms with Crippen LogP contribution in [0.5, 0.6) is 0 Å². The van der Waals surface area contributed by atoms with Gasteiger partial charge in [0.05, 0.1) is 11.4 Å². The number of pyridine rings is 1. The standard InChI is InChI=1S/C16H11N5/c17-10-13-14(11-4-2-1-3-5-11)20-16(18)21-15(13)12-6-8-19-9-7-12/h1-9H,(H2,18,20,21). The molecule has 0 fully saturated rings. The zero-order valence-corrected chi connectivity index (χ0v) is 11.1. The lowest BCUT2D eigenvalue weighted by molar-refractivity contribution is 1.17. The molecule has 3 aromatic rings. The van der Waals surface area contributed by atoms with Gasteiger partial charge in [0.25, 0.3) is 0 Å². The molecule has 0 amide bonds. The Morgan fingerprint density at radius 1 is 0.857 bits per heavy atom. The van der Waals surface area contributed by atoms with Crippen LogP contribution in [0.2, 0.25) is 0 Å². The molecule has 100 valence electrons. The van der Waals surface area contributed by atoms with E-state index in [0.29, 0.717) is 17.0 Å². The van der Waals surface area contributed by atoms with Crippen LogP contribution in [0.1, 0.15) is 5.56 Å². The van der Waals surface area contributed by atoms with Gasteiger partial charge >= 0.3 is 0 Å². The highest BCUT2D eigenvalue weighted by Gasteiger charge is 2.16. The van der Waals surface area contributed by atoms with Crippen molar-refractivity contribution in [3.8, 4) is 28.6 Å². The smallest absolute Gasteiger partial charge is 0.221 e. The summed E-state index contributed by atoms with van der Waals surface area (Å²) >= 11 is 0. The fraction of sp³-hybridized carbons (Fsp3) is 0. The SMILES string of the molecule is N#Cc1c(-c2ccccc2)nc(N)nc1-c1ccncc1. The van der Waals surface area contributed by atoms with Crippen molar-refractivity contribution in [1.82, 2.24) is 15.0 Å². The Hall–Kier alpha value is -3.26. The van der Waals surface area contributed by atoms with Crippen LogP contribution in [0, 0.1) is 11.3 Å². The third-order valence-corrected chi connectivity index (χ3v) is 3.04. The maximum atomic E-state index is 9.53. The third-order valence-electron chi connectivity index (χ3n) is 3.04. The highest BCUT2D eigenvalue weighted by atomic mass is 15.0. The molecule has 0 saturated carbocycles. The number of aromatic nitrogens is 3. The Bertz CT molecular complexity index is 747. The van der Waals surface area contributed by atoms with Gasteiger partial charge < -0.3 is 5.73 Å². The normalized spacial score (nSPS) is 10.0. The molecule has 0 aliphatic heterocycles. The summed E-state index contributed by atoms with van der Waals surface area (Å²) in [5, 5.41) is 9.53. The summed E-state index contributed by atoms with van der Waals surface area (Å²) in [6.07, 6.45) is 3.30. The molecule has 0 bridgehead atoms. The average Bonchev–Trinajstić information content (AvgIpc) is 2.55. The van der Waals surface area contributed by atoms with Crippen molar-refractivity contribution < 1.29 is 0 Å². The first-order valence-corrected chi connectivity index (χ1v) is 6.33. The summed E-state index contributed by atoms with van der Waals surface area (Å²) in [6, 6.07) is 15.2. The quantitative estimate of drug-likeness (QED) is 0.775. The molecule has 0 spiro atoms. The Morgan fingerprint density at radius 2 is 1.43 bits per heavy atom. The van der Waals surface area contributed by atoms with Gasteiger partial charge in [-0.25, -0.2) is 9.97 Å². The zero-order chi connectivity index (χ0) is 14.7. The minimum absolute atomic E-state index is 0.139. The second-order valence-electron chi connectivity index (χ2n) is 4.37. The second kappa shape index (κ2) is 5.39. The molecule has 1 aromatic carbocycles. The van der Waals surface area contributed by atoms with E-state index < -0.39 is 0 Å². The molecule has 2 heterocycles. The molecular weight excluding hydrogens is 262 g/mol. The van der Waals surface area contributed by atoms with Gasteiger partial charge in [-0.15, -0.1) is 0 Å². The molecule has 2 N–H and O–H groups in total. The van der Waals surface area contributed by atoms with Crippen molar-refractivity contribution in [2.75, 3.05) is 5.73 Å². The van der Waals surface area contributed by atoms with Gasteiger partial charge in [0.1, 0.15) is 11.6 Å². The topological polar surface area (TPSA) is 88.5 Å². The third kappa shape index (κ3) is 2.42. The van der Waals surface area contributed by atoms with Crippen LogP contribution in [0.15, 0.2) is 54.9 Å². The first-order chi connectivity index (χ1) is 10.3. The predicted octanol–water partition coefficient (Wildman–Crippen LogP) is 2.66. The van der Waals surface area contributed by atoms with Gasteiger partial charge in [0.2, 0.25) is 5.95 Å². The summed E-state index contributed by atoms with van der Waals surface area (Å²) in [5.74, 6) is 0.139. The first-order valence-electron chi connectivity index (χ1n) is 6.33. The average molecular weight is 273 g/mol. The highest BCUT2D eigenvalue weighted by molar-refractivity contribution is 5.78. The molecule has 21 heavy (non-hydrogen) atoms. The van der Waals surface area contributed by atoms with Crippen molar-refractivity contribution in [2.24, 2.45) is 0 Å². The summed E-state index contributed by atoms with van der Waals surface area (Å²) in [4.78, 5) is 12.4. The second-order valence-corrected chi connectivity index (χ2v) is 4.37. The van der Waals surface area contributed by atoms with Gasteiger partial charge in [-0.05, 0) is 12.1 Å². The van der Waals surface area contributed by atoms with Crippen molar-refractivity contribution in [1.29, 1.82) is 5.26 Å². The molecule has 0 radical (unpaired) electrons. The Labute approximate surface area is 121 Å².